The van der Waals surface area contributed by atoms with E-state index in [1.54, 1.807) is 33.9 Å². The molecule has 0 aliphatic rings. The standard InChI is InChI=1S/C19H16N6O/c1-3-14-7-4-5-8-16(14)25-17(11-13(2)23-25)22-19(26)15-12-21-24-10-6-9-20-18(15)24/h1,4-12,19,22,26H,2H3. The molecule has 0 amide bonds. The smallest absolute Gasteiger partial charge is 0.162 e. The summed E-state index contributed by atoms with van der Waals surface area (Å²) in [6, 6.07) is 11.1. The molecule has 1 unspecified atom stereocenters. The first-order valence-electron chi connectivity index (χ1n) is 8.03. The number of hydrogen-bond acceptors (Lipinski definition) is 5. The third kappa shape index (κ3) is 2.68. The van der Waals surface area contributed by atoms with Gasteiger partial charge in [-0.25, -0.2) is 14.2 Å². The van der Waals surface area contributed by atoms with Crippen molar-refractivity contribution in [2.75, 3.05) is 5.32 Å². The maximum atomic E-state index is 10.7. The zero-order valence-electron chi connectivity index (χ0n) is 14.0. The normalized spacial score (nSPS) is 12.0. The summed E-state index contributed by atoms with van der Waals surface area (Å²) in [6.45, 7) is 1.88. The van der Waals surface area contributed by atoms with Crippen LogP contribution < -0.4 is 5.32 Å². The highest BCUT2D eigenvalue weighted by Crippen LogP contribution is 2.24. The zero-order chi connectivity index (χ0) is 18.1. The Bertz CT molecular complexity index is 1120. The predicted molar refractivity (Wildman–Crippen MR) is 97.8 cm³/mol. The molecule has 7 nitrogen and oxygen atoms in total. The maximum absolute atomic E-state index is 10.7. The molecule has 1 atom stereocenters. The van der Waals surface area contributed by atoms with Crippen LogP contribution in [-0.4, -0.2) is 29.5 Å². The number of benzene rings is 1. The van der Waals surface area contributed by atoms with Gasteiger partial charge < -0.3 is 10.4 Å². The molecule has 0 bridgehead atoms. The number of anilines is 1. The predicted octanol–water partition coefficient (Wildman–Crippen LogP) is 2.31. The average molecular weight is 344 g/mol. The summed E-state index contributed by atoms with van der Waals surface area (Å²) in [7, 11) is 0. The molecule has 0 saturated heterocycles. The Morgan fingerprint density at radius 3 is 2.96 bits per heavy atom. The van der Waals surface area contributed by atoms with Crippen molar-refractivity contribution in [3.8, 4) is 18.0 Å². The molecule has 3 aromatic heterocycles. The highest BCUT2D eigenvalue weighted by molar-refractivity contribution is 5.56. The van der Waals surface area contributed by atoms with Gasteiger partial charge in [-0.15, -0.1) is 6.42 Å². The second-order valence-electron chi connectivity index (χ2n) is 5.78. The van der Waals surface area contributed by atoms with Crippen molar-refractivity contribution in [1.82, 2.24) is 24.4 Å². The second-order valence-corrected chi connectivity index (χ2v) is 5.78. The van der Waals surface area contributed by atoms with E-state index in [1.807, 2.05) is 37.3 Å². The lowest BCUT2D eigenvalue weighted by Gasteiger charge is -2.15. The van der Waals surface area contributed by atoms with Gasteiger partial charge in [-0.1, -0.05) is 18.1 Å². The lowest BCUT2D eigenvalue weighted by atomic mass is 10.2. The number of aliphatic hydroxyl groups excluding tert-OH is 1. The fraction of sp³-hybridized carbons (Fsp3) is 0.105. The summed E-state index contributed by atoms with van der Waals surface area (Å²) in [5, 5.41) is 22.4. The van der Waals surface area contributed by atoms with E-state index in [-0.39, 0.29) is 0 Å². The van der Waals surface area contributed by atoms with E-state index in [2.05, 4.69) is 26.4 Å². The van der Waals surface area contributed by atoms with Crippen LogP contribution in [0, 0.1) is 19.3 Å². The molecule has 2 N–H and O–H groups in total. The van der Waals surface area contributed by atoms with Gasteiger partial charge >= 0.3 is 0 Å². The third-order valence-electron chi connectivity index (χ3n) is 4.01. The molecule has 0 aliphatic carbocycles. The molecule has 4 aromatic rings. The van der Waals surface area contributed by atoms with Crippen LogP contribution in [0.3, 0.4) is 0 Å². The molecule has 0 spiro atoms. The zero-order valence-corrected chi connectivity index (χ0v) is 14.0. The van der Waals surface area contributed by atoms with Crippen molar-refractivity contribution in [2.45, 2.75) is 13.2 Å². The van der Waals surface area contributed by atoms with Crippen LogP contribution in [0.15, 0.2) is 55.0 Å². The van der Waals surface area contributed by atoms with E-state index < -0.39 is 6.23 Å². The fourth-order valence-corrected chi connectivity index (χ4v) is 2.82. The third-order valence-corrected chi connectivity index (χ3v) is 4.01. The molecular formula is C19H16N6O. The van der Waals surface area contributed by atoms with E-state index in [1.165, 1.54) is 0 Å². The van der Waals surface area contributed by atoms with Gasteiger partial charge in [-0.3, -0.25) is 0 Å². The largest absolute Gasteiger partial charge is 0.369 e. The number of aromatic nitrogens is 5. The van der Waals surface area contributed by atoms with Crippen LogP contribution in [-0.2, 0) is 0 Å². The molecule has 0 radical (unpaired) electrons. The van der Waals surface area contributed by atoms with Crippen molar-refractivity contribution < 1.29 is 5.11 Å². The van der Waals surface area contributed by atoms with E-state index in [9.17, 15) is 5.11 Å². The molecule has 0 fully saturated rings. The first kappa shape index (κ1) is 15.9. The number of nitrogens with one attached hydrogen (secondary N) is 1. The Labute approximate surface area is 149 Å². The number of aryl methyl sites for hydroxylation is 1. The van der Waals surface area contributed by atoms with Gasteiger partial charge in [0, 0.05) is 18.5 Å². The highest BCUT2D eigenvalue weighted by Gasteiger charge is 2.18. The highest BCUT2D eigenvalue weighted by atomic mass is 16.3. The molecule has 7 heteroatoms. The molecule has 128 valence electrons. The molecule has 0 aliphatic heterocycles. The number of aliphatic hydroxyl groups is 1. The summed E-state index contributed by atoms with van der Waals surface area (Å²) in [4.78, 5) is 4.27. The number of para-hydroxylation sites is 1. The Kier molecular flexibility index (Phi) is 3.88. The minimum atomic E-state index is -1.00. The van der Waals surface area contributed by atoms with Crippen LogP contribution in [0.4, 0.5) is 5.82 Å². The van der Waals surface area contributed by atoms with E-state index in [0.29, 0.717) is 22.6 Å². The lowest BCUT2D eigenvalue weighted by molar-refractivity contribution is 0.208. The Morgan fingerprint density at radius 1 is 1.27 bits per heavy atom. The topological polar surface area (TPSA) is 80.3 Å². The van der Waals surface area contributed by atoms with Crippen molar-refractivity contribution >= 4 is 11.5 Å². The van der Waals surface area contributed by atoms with E-state index >= 15 is 0 Å². The van der Waals surface area contributed by atoms with Gasteiger partial charge in [-0.2, -0.15) is 10.2 Å². The quantitative estimate of drug-likeness (QED) is 0.439. The van der Waals surface area contributed by atoms with Crippen LogP contribution in [0.25, 0.3) is 11.3 Å². The number of fused-ring (bicyclic) bond motifs is 1. The average Bonchev–Trinajstić information content (AvgIpc) is 3.25. The lowest BCUT2D eigenvalue weighted by Crippen LogP contribution is -2.14. The number of terminal acetylenes is 1. The summed E-state index contributed by atoms with van der Waals surface area (Å²) in [5.74, 6) is 3.28. The number of hydrogen-bond donors (Lipinski definition) is 2. The van der Waals surface area contributed by atoms with Gasteiger partial charge in [0.25, 0.3) is 0 Å². The van der Waals surface area contributed by atoms with Gasteiger partial charge in [-0.05, 0) is 25.1 Å². The monoisotopic (exact) mass is 344 g/mol. The summed E-state index contributed by atoms with van der Waals surface area (Å²) in [5.41, 5.74) is 3.42. The van der Waals surface area contributed by atoms with Crippen molar-refractivity contribution in [2.24, 2.45) is 0 Å². The van der Waals surface area contributed by atoms with Crippen LogP contribution in [0.2, 0.25) is 0 Å². The van der Waals surface area contributed by atoms with Crippen molar-refractivity contribution in [1.29, 1.82) is 0 Å². The van der Waals surface area contributed by atoms with Gasteiger partial charge in [0.1, 0.15) is 5.82 Å². The Balaban J connectivity index is 1.72. The molecule has 4 rings (SSSR count). The van der Waals surface area contributed by atoms with Crippen LogP contribution in [0.1, 0.15) is 23.0 Å². The minimum absolute atomic E-state index is 0.571. The minimum Gasteiger partial charge on any atom is -0.369 e. The Morgan fingerprint density at radius 2 is 2.12 bits per heavy atom. The first-order chi connectivity index (χ1) is 12.7. The molecule has 26 heavy (non-hydrogen) atoms. The van der Waals surface area contributed by atoms with Crippen LogP contribution >= 0.6 is 0 Å². The van der Waals surface area contributed by atoms with Crippen LogP contribution in [0.5, 0.6) is 0 Å². The first-order valence-corrected chi connectivity index (χ1v) is 8.03. The van der Waals surface area contributed by atoms with Gasteiger partial charge in [0.2, 0.25) is 0 Å². The summed E-state index contributed by atoms with van der Waals surface area (Å²) < 4.78 is 3.29. The molecular weight excluding hydrogens is 328 g/mol. The molecule has 1 aromatic carbocycles. The van der Waals surface area contributed by atoms with E-state index in [0.717, 1.165) is 11.4 Å². The maximum Gasteiger partial charge on any atom is 0.162 e. The number of rotatable bonds is 4. The second kappa shape index (κ2) is 6.35. The van der Waals surface area contributed by atoms with E-state index in [4.69, 9.17) is 6.42 Å². The van der Waals surface area contributed by atoms with Crippen molar-refractivity contribution in [3.63, 3.8) is 0 Å². The summed E-state index contributed by atoms with van der Waals surface area (Å²) in [6.07, 6.45) is 9.62. The Hall–Kier alpha value is -3.63. The van der Waals surface area contributed by atoms with Gasteiger partial charge in [0.15, 0.2) is 11.9 Å². The SMILES string of the molecule is C#Cc1ccccc1-n1nc(C)cc1NC(O)c1cnn2cccnc12. The summed E-state index contributed by atoms with van der Waals surface area (Å²) >= 11 is 0. The number of nitrogens with zero attached hydrogens (tertiary/aromatic N) is 5. The van der Waals surface area contributed by atoms with Crippen molar-refractivity contribution in [3.05, 3.63) is 71.8 Å². The van der Waals surface area contributed by atoms with Gasteiger partial charge in [0.05, 0.1) is 28.7 Å². The molecule has 0 saturated carbocycles. The fourth-order valence-electron chi connectivity index (χ4n) is 2.82. The molecule has 3 heterocycles.